The van der Waals surface area contributed by atoms with Crippen LogP contribution in [-0.2, 0) is 12.8 Å². The number of fused-ring (bicyclic) bond motifs is 1. The van der Waals surface area contributed by atoms with Crippen LogP contribution < -0.4 is 5.32 Å². The number of halogens is 1. The van der Waals surface area contributed by atoms with Crippen molar-refractivity contribution in [3.8, 4) is 11.5 Å². The van der Waals surface area contributed by atoms with Gasteiger partial charge in [0.15, 0.2) is 11.5 Å². The summed E-state index contributed by atoms with van der Waals surface area (Å²) >= 11 is 0. The van der Waals surface area contributed by atoms with Gasteiger partial charge in [-0.15, -0.1) is 0 Å². The minimum absolute atomic E-state index is 0.280. The van der Waals surface area contributed by atoms with Crippen LogP contribution in [0.3, 0.4) is 0 Å². The second-order valence-electron chi connectivity index (χ2n) is 6.83. The number of carbonyl (C=O) groups excluding carboxylic acids is 1. The molecular weight excluding hydrogens is 371 g/mol. The fourth-order valence-electron chi connectivity index (χ4n) is 3.61. The van der Waals surface area contributed by atoms with Gasteiger partial charge in [0.25, 0.3) is 5.91 Å². The summed E-state index contributed by atoms with van der Waals surface area (Å²) in [6, 6.07) is 11.5. The number of aromatic nitrogens is 5. The Balaban J connectivity index is 1.41. The standard InChI is InChI=1S/C21H17FN6O/c22-14-5-8-16(9-6-14)28-18-4-1-3-17(18)20(26-28)21(29)25-15-7-10-19(23-13-15)27-12-2-11-24-27/h2,5-13H,1,3-4H2,(H,25,29). The number of rotatable bonds is 4. The summed E-state index contributed by atoms with van der Waals surface area (Å²) in [5, 5.41) is 11.5. The van der Waals surface area contributed by atoms with Gasteiger partial charge in [-0.2, -0.15) is 10.2 Å². The molecule has 0 atom stereocenters. The molecule has 7 nitrogen and oxygen atoms in total. The second-order valence-corrected chi connectivity index (χ2v) is 6.83. The minimum atomic E-state index is -0.304. The molecule has 0 unspecified atom stereocenters. The van der Waals surface area contributed by atoms with Crippen LogP contribution >= 0.6 is 0 Å². The van der Waals surface area contributed by atoms with Gasteiger partial charge in [0.1, 0.15) is 5.82 Å². The first-order chi connectivity index (χ1) is 14.2. The summed E-state index contributed by atoms with van der Waals surface area (Å²) < 4.78 is 16.7. The zero-order valence-corrected chi connectivity index (χ0v) is 15.4. The molecule has 3 aromatic heterocycles. The van der Waals surface area contributed by atoms with Crippen molar-refractivity contribution in [1.82, 2.24) is 24.5 Å². The van der Waals surface area contributed by atoms with E-state index in [1.165, 1.54) is 12.1 Å². The summed E-state index contributed by atoms with van der Waals surface area (Å²) in [7, 11) is 0. The number of nitrogens with zero attached hydrogens (tertiary/aromatic N) is 5. The number of benzene rings is 1. The quantitative estimate of drug-likeness (QED) is 0.582. The third-order valence-corrected chi connectivity index (χ3v) is 4.96. The molecule has 0 saturated carbocycles. The first-order valence-corrected chi connectivity index (χ1v) is 9.33. The van der Waals surface area contributed by atoms with Gasteiger partial charge in [0.2, 0.25) is 0 Å². The van der Waals surface area contributed by atoms with Crippen LogP contribution in [-0.4, -0.2) is 30.5 Å². The molecule has 1 aliphatic rings. The van der Waals surface area contributed by atoms with Crippen LogP contribution in [0.4, 0.5) is 10.1 Å². The molecule has 29 heavy (non-hydrogen) atoms. The monoisotopic (exact) mass is 388 g/mol. The average Bonchev–Trinajstić information content (AvgIpc) is 3.47. The Morgan fingerprint density at radius 3 is 2.69 bits per heavy atom. The first kappa shape index (κ1) is 17.3. The topological polar surface area (TPSA) is 77.6 Å². The van der Waals surface area contributed by atoms with Crippen LogP contribution in [0.25, 0.3) is 11.5 Å². The van der Waals surface area contributed by atoms with Crippen molar-refractivity contribution in [3.05, 3.63) is 83.8 Å². The molecule has 144 valence electrons. The van der Waals surface area contributed by atoms with Gasteiger partial charge in [-0.25, -0.2) is 18.7 Å². The predicted molar refractivity (Wildman–Crippen MR) is 105 cm³/mol. The Hall–Kier alpha value is -3.81. The molecule has 0 fully saturated rings. The fraction of sp³-hybridized carbons (Fsp3) is 0.143. The van der Waals surface area contributed by atoms with E-state index in [0.717, 1.165) is 36.2 Å². The average molecular weight is 388 g/mol. The molecule has 4 aromatic rings. The highest BCUT2D eigenvalue weighted by Crippen LogP contribution is 2.28. The Morgan fingerprint density at radius 1 is 1.10 bits per heavy atom. The Bertz CT molecular complexity index is 1160. The van der Waals surface area contributed by atoms with Crippen molar-refractivity contribution in [1.29, 1.82) is 0 Å². The molecule has 0 aliphatic heterocycles. The lowest BCUT2D eigenvalue weighted by Gasteiger charge is -2.06. The van der Waals surface area contributed by atoms with E-state index in [2.05, 4.69) is 20.5 Å². The van der Waals surface area contributed by atoms with Crippen molar-refractivity contribution in [3.63, 3.8) is 0 Å². The molecule has 1 amide bonds. The van der Waals surface area contributed by atoms with Crippen LogP contribution in [0.2, 0.25) is 0 Å². The van der Waals surface area contributed by atoms with Crippen molar-refractivity contribution >= 4 is 11.6 Å². The summed E-state index contributed by atoms with van der Waals surface area (Å²) in [6.07, 6.45) is 7.67. The number of nitrogens with one attached hydrogen (secondary N) is 1. The number of amides is 1. The van der Waals surface area contributed by atoms with E-state index in [0.29, 0.717) is 17.2 Å². The highest BCUT2D eigenvalue weighted by Gasteiger charge is 2.27. The largest absolute Gasteiger partial charge is 0.319 e. The highest BCUT2D eigenvalue weighted by molar-refractivity contribution is 6.04. The maximum atomic E-state index is 13.3. The lowest BCUT2D eigenvalue weighted by Crippen LogP contribution is -2.15. The van der Waals surface area contributed by atoms with E-state index in [-0.39, 0.29) is 11.7 Å². The molecule has 8 heteroatoms. The van der Waals surface area contributed by atoms with E-state index in [1.807, 2.05) is 6.07 Å². The lowest BCUT2D eigenvalue weighted by atomic mass is 10.2. The maximum Gasteiger partial charge on any atom is 0.276 e. The minimum Gasteiger partial charge on any atom is -0.319 e. The van der Waals surface area contributed by atoms with E-state index in [1.54, 1.807) is 52.2 Å². The van der Waals surface area contributed by atoms with Gasteiger partial charge in [-0.3, -0.25) is 4.79 Å². The van der Waals surface area contributed by atoms with Crippen molar-refractivity contribution in [2.24, 2.45) is 0 Å². The van der Waals surface area contributed by atoms with Crippen molar-refractivity contribution < 1.29 is 9.18 Å². The first-order valence-electron chi connectivity index (χ1n) is 9.33. The molecule has 0 spiro atoms. The molecule has 0 bridgehead atoms. The Morgan fingerprint density at radius 2 is 1.97 bits per heavy atom. The smallest absolute Gasteiger partial charge is 0.276 e. The van der Waals surface area contributed by atoms with Gasteiger partial charge in [-0.1, -0.05) is 0 Å². The van der Waals surface area contributed by atoms with Crippen LogP contribution in [0, 0.1) is 5.82 Å². The molecule has 0 saturated heterocycles. The maximum absolute atomic E-state index is 13.3. The third kappa shape index (κ3) is 3.18. The molecule has 0 radical (unpaired) electrons. The predicted octanol–water partition coefficient (Wildman–Crippen LogP) is 3.33. The SMILES string of the molecule is O=C(Nc1ccc(-n2cccn2)nc1)c1nn(-c2ccc(F)cc2)c2c1CCC2. The number of anilines is 1. The van der Waals surface area contributed by atoms with Gasteiger partial charge >= 0.3 is 0 Å². The van der Waals surface area contributed by atoms with Gasteiger partial charge in [0, 0.05) is 23.7 Å². The normalized spacial score (nSPS) is 12.7. The zero-order valence-electron chi connectivity index (χ0n) is 15.4. The number of hydrogen-bond donors (Lipinski definition) is 1. The third-order valence-electron chi connectivity index (χ3n) is 4.96. The van der Waals surface area contributed by atoms with Gasteiger partial charge in [0.05, 0.1) is 17.6 Å². The Kier molecular flexibility index (Phi) is 4.16. The van der Waals surface area contributed by atoms with Crippen molar-refractivity contribution in [2.75, 3.05) is 5.32 Å². The van der Waals surface area contributed by atoms with Crippen LogP contribution in [0.1, 0.15) is 28.2 Å². The van der Waals surface area contributed by atoms with Gasteiger partial charge < -0.3 is 5.32 Å². The fourth-order valence-corrected chi connectivity index (χ4v) is 3.61. The Labute approximate surface area is 165 Å². The molecule has 3 heterocycles. The molecule has 5 rings (SSSR count). The summed E-state index contributed by atoms with van der Waals surface area (Å²) in [6.45, 7) is 0. The van der Waals surface area contributed by atoms with E-state index < -0.39 is 0 Å². The summed E-state index contributed by atoms with van der Waals surface area (Å²) in [5.41, 5.74) is 3.68. The number of hydrogen-bond acceptors (Lipinski definition) is 4. The second kappa shape index (κ2) is 6.97. The molecular formula is C21H17FN6O. The molecule has 1 N–H and O–H groups in total. The van der Waals surface area contributed by atoms with E-state index in [9.17, 15) is 9.18 Å². The zero-order chi connectivity index (χ0) is 19.8. The van der Waals surface area contributed by atoms with E-state index in [4.69, 9.17) is 0 Å². The lowest BCUT2D eigenvalue weighted by molar-refractivity contribution is 0.102. The number of carbonyl (C=O) groups is 1. The number of pyridine rings is 1. The summed E-state index contributed by atoms with van der Waals surface area (Å²) in [4.78, 5) is 17.2. The van der Waals surface area contributed by atoms with Crippen LogP contribution in [0.15, 0.2) is 61.1 Å². The highest BCUT2D eigenvalue weighted by atomic mass is 19.1. The summed E-state index contributed by atoms with van der Waals surface area (Å²) in [5.74, 6) is 0.0775. The van der Waals surface area contributed by atoms with Gasteiger partial charge in [-0.05, 0) is 61.7 Å². The van der Waals surface area contributed by atoms with E-state index >= 15 is 0 Å². The molecule has 1 aromatic carbocycles. The van der Waals surface area contributed by atoms with Crippen LogP contribution in [0.5, 0.6) is 0 Å². The van der Waals surface area contributed by atoms with Crippen molar-refractivity contribution in [2.45, 2.75) is 19.3 Å². The molecule has 1 aliphatic carbocycles.